The Balaban J connectivity index is 1.53. The zero-order valence-electron chi connectivity index (χ0n) is 18.3. The fraction of sp³-hybridized carbons (Fsp3) is 0.731. The number of halogens is 1. The minimum Gasteiger partial charge on any atom is -0.339 e. The normalized spacial score (nSPS) is 44.2. The molecule has 4 aliphatic rings. The van der Waals surface area contributed by atoms with Gasteiger partial charge in [-0.1, -0.05) is 38.5 Å². The van der Waals surface area contributed by atoms with Gasteiger partial charge in [-0.3, -0.25) is 4.79 Å². The van der Waals surface area contributed by atoms with Crippen LogP contribution >= 0.6 is 0 Å². The van der Waals surface area contributed by atoms with Gasteiger partial charge in [0.1, 0.15) is 5.82 Å². The maximum absolute atomic E-state index is 14.7. The fourth-order valence-corrected chi connectivity index (χ4v) is 8.49. The van der Waals surface area contributed by atoms with Crippen LogP contribution in [-0.2, 0) is 4.79 Å². The van der Waals surface area contributed by atoms with E-state index in [1.165, 1.54) is 44.6 Å². The molecule has 1 amide bonds. The third kappa shape index (κ3) is 2.75. The molecule has 0 N–H and O–H groups in total. The van der Waals surface area contributed by atoms with Crippen LogP contribution in [0.2, 0.25) is 0 Å². The van der Waals surface area contributed by atoms with Crippen LogP contribution in [0, 0.1) is 34.4 Å². The minimum absolute atomic E-state index is 0.101. The maximum atomic E-state index is 14.7. The second-order valence-corrected chi connectivity index (χ2v) is 11.0. The van der Waals surface area contributed by atoms with E-state index in [0.717, 1.165) is 31.2 Å². The molecule has 1 saturated heterocycles. The first-order chi connectivity index (χ1) is 13.9. The lowest BCUT2D eigenvalue weighted by Crippen LogP contribution is -2.63. The highest BCUT2D eigenvalue weighted by Gasteiger charge is 2.61. The fourth-order valence-electron chi connectivity index (χ4n) is 8.49. The number of carbonyl (C=O) groups excluding carboxylic acids is 1. The Labute approximate surface area is 175 Å². The Morgan fingerprint density at radius 1 is 1.07 bits per heavy atom. The summed E-state index contributed by atoms with van der Waals surface area (Å²) in [7, 11) is 0. The largest absolute Gasteiger partial charge is 0.339 e. The topological polar surface area (TPSA) is 20.3 Å². The van der Waals surface area contributed by atoms with Gasteiger partial charge in [0.15, 0.2) is 0 Å². The van der Waals surface area contributed by atoms with E-state index in [2.05, 4.69) is 25.7 Å². The summed E-state index contributed by atoms with van der Waals surface area (Å²) in [4.78, 5) is 15.6. The quantitative estimate of drug-likeness (QED) is 0.585. The molecule has 0 aromatic heterocycles. The monoisotopic (exact) mass is 397 g/mol. The first kappa shape index (κ1) is 19.6. The highest BCUT2D eigenvalue weighted by molar-refractivity contribution is 5.85. The number of carbonyl (C=O) groups is 1. The molecule has 2 nitrogen and oxygen atoms in total. The summed E-state index contributed by atoms with van der Waals surface area (Å²) < 4.78 is 14.7. The van der Waals surface area contributed by atoms with E-state index in [1.54, 1.807) is 6.07 Å². The molecule has 0 bridgehead atoms. The second-order valence-electron chi connectivity index (χ2n) is 11.0. The van der Waals surface area contributed by atoms with Crippen LogP contribution in [0.1, 0.15) is 83.6 Å². The minimum atomic E-state index is -0.326. The molecule has 0 radical (unpaired) electrons. The van der Waals surface area contributed by atoms with Crippen LogP contribution in [-0.4, -0.2) is 23.4 Å². The smallest absolute Gasteiger partial charge is 0.230 e. The summed E-state index contributed by atoms with van der Waals surface area (Å²) in [5, 5.41) is 0. The Kier molecular flexibility index (Phi) is 4.60. The van der Waals surface area contributed by atoms with Crippen molar-refractivity contribution in [3.05, 3.63) is 35.6 Å². The molecule has 2 unspecified atom stereocenters. The van der Waals surface area contributed by atoms with Gasteiger partial charge in [0, 0.05) is 18.2 Å². The van der Waals surface area contributed by atoms with E-state index in [1.807, 2.05) is 12.1 Å². The molecular weight excluding hydrogens is 361 g/mol. The Bertz CT molecular complexity index is 808. The number of rotatable bonds is 2. The molecule has 7 atom stereocenters. The predicted molar refractivity (Wildman–Crippen MR) is 114 cm³/mol. The standard InChI is InChI=1S/C26H36FNO/c1-4-28-23-12-11-18-20-9-7-14-25(20,2)15-13-21(18)26(23,3)16-19(24(28)29)17-8-5-6-10-22(17)27/h5-6,8,10,18-21,23H,4,7,9,11-16H2,1-3H3/t18-,19?,20-,21+,23?,25-,26+/m0/s1. The molecule has 3 heteroatoms. The third-order valence-electron chi connectivity index (χ3n) is 9.82. The van der Waals surface area contributed by atoms with Crippen molar-refractivity contribution in [1.29, 1.82) is 0 Å². The number of likely N-dealkylation sites (tertiary alicyclic amines) is 1. The van der Waals surface area contributed by atoms with E-state index in [4.69, 9.17) is 0 Å². The zero-order chi connectivity index (χ0) is 20.4. The number of hydrogen-bond donors (Lipinski definition) is 0. The van der Waals surface area contributed by atoms with E-state index >= 15 is 0 Å². The van der Waals surface area contributed by atoms with E-state index in [-0.39, 0.29) is 23.1 Å². The number of likely N-dealkylation sites (N-methyl/N-ethyl adjacent to an activating group) is 1. The lowest BCUT2D eigenvalue weighted by atomic mass is 9.46. The summed E-state index contributed by atoms with van der Waals surface area (Å²) in [5.74, 6) is 1.94. The number of hydrogen-bond acceptors (Lipinski definition) is 1. The maximum Gasteiger partial charge on any atom is 0.230 e. The number of fused-ring (bicyclic) bond motifs is 5. The lowest BCUT2D eigenvalue weighted by Gasteiger charge is -2.62. The van der Waals surface area contributed by atoms with Crippen molar-refractivity contribution in [2.45, 2.75) is 84.1 Å². The van der Waals surface area contributed by atoms with Gasteiger partial charge in [-0.15, -0.1) is 0 Å². The van der Waals surface area contributed by atoms with E-state index in [0.29, 0.717) is 22.9 Å². The SMILES string of the molecule is CCN1C(=O)C(c2ccccc2F)C[C@@]2(C)C1CC[C@@H]1[C@H]2CC[C@]2(C)CCC[C@@H]12. The van der Waals surface area contributed by atoms with Crippen LogP contribution < -0.4 is 0 Å². The third-order valence-corrected chi connectivity index (χ3v) is 9.82. The van der Waals surface area contributed by atoms with E-state index < -0.39 is 0 Å². The molecule has 1 aromatic carbocycles. The van der Waals surface area contributed by atoms with Crippen molar-refractivity contribution in [1.82, 2.24) is 4.90 Å². The van der Waals surface area contributed by atoms with Gasteiger partial charge in [0.25, 0.3) is 0 Å². The van der Waals surface area contributed by atoms with Gasteiger partial charge >= 0.3 is 0 Å². The first-order valence-corrected chi connectivity index (χ1v) is 11.9. The first-order valence-electron chi connectivity index (χ1n) is 11.9. The summed E-state index contributed by atoms with van der Waals surface area (Å²) in [6, 6.07) is 7.29. The summed E-state index contributed by atoms with van der Waals surface area (Å²) >= 11 is 0. The molecule has 29 heavy (non-hydrogen) atoms. The van der Waals surface area contributed by atoms with Crippen molar-refractivity contribution < 1.29 is 9.18 Å². The molecule has 4 fully saturated rings. The Hall–Kier alpha value is -1.38. The average Bonchev–Trinajstić information content (AvgIpc) is 3.10. The summed E-state index contributed by atoms with van der Waals surface area (Å²) in [5.41, 5.74) is 1.26. The van der Waals surface area contributed by atoms with Crippen molar-refractivity contribution in [3.63, 3.8) is 0 Å². The molecule has 5 rings (SSSR count). The van der Waals surface area contributed by atoms with Gasteiger partial charge in [0.2, 0.25) is 5.91 Å². The summed E-state index contributed by atoms with van der Waals surface area (Å²) in [6.07, 6.45) is 10.0. The van der Waals surface area contributed by atoms with Crippen molar-refractivity contribution >= 4 is 5.91 Å². The average molecular weight is 398 g/mol. The highest BCUT2D eigenvalue weighted by atomic mass is 19.1. The van der Waals surface area contributed by atoms with Crippen molar-refractivity contribution in [3.8, 4) is 0 Å². The van der Waals surface area contributed by atoms with Crippen LogP contribution in [0.25, 0.3) is 0 Å². The van der Waals surface area contributed by atoms with Crippen molar-refractivity contribution in [2.24, 2.45) is 28.6 Å². The predicted octanol–water partition coefficient (Wildman–Crippen LogP) is 6.16. The second kappa shape index (κ2) is 6.82. The number of nitrogens with zero attached hydrogens (tertiary/aromatic N) is 1. The number of piperidine rings is 1. The summed E-state index contributed by atoms with van der Waals surface area (Å²) in [6.45, 7) is 7.83. The van der Waals surface area contributed by atoms with Gasteiger partial charge < -0.3 is 4.90 Å². The molecular formula is C26H36FNO. The number of benzene rings is 1. The molecule has 158 valence electrons. The van der Waals surface area contributed by atoms with Crippen molar-refractivity contribution in [2.75, 3.05) is 6.54 Å². The Morgan fingerprint density at radius 2 is 1.86 bits per heavy atom. The Morgan fingerprint density at radius 3 is 2.62 bits per heavy atom. The van der Waals surface area contributed by atoms with E-state index in [9.17, 15) is 9.18 Å². The van der Waals surface area contributed by atoms with Gasteiger partial charge in [-0.25, -0.2) is 4.39 Å². The lowest BCUT2D eigenvalue weighted by molar-refractivity contribution is -0.163. The molecule has 1 heterocycles. The van der Waals surface area contributed by atoms with Crippen LogP contribution in [0.5, 0.6) is 0 Å². The molecule has 0 spiro atoms. The number of amides is 1. The zero-order valence-corrected chi connectivity index (χ0v) is 18.3. The molecule has 1 aromatic rings. The van der Waals surface area contributed by atoms with Crippen LogP contribution in [0.4, 0.5) is 4.39 Å². The van der Waals surface area contributed by atoms with Crippen LogP contribution in [0.15, 0.2) is 24.3 Å². The van der Waals surface area contributed by atoms with Crippen LogP contribution in [0.3, 0.4) is 0 Å². The van der Waals surface area contributed by atoms with Gasteiger partial charge in [0.05, 0.1) is 5.92 Å². The van der Waals surface area contributed by atoms with Gasteiger partial charge in [-0.2, -0.15) is 0 Å². The molecule has 1 aliphatic heterocycles. The molecule has 3 saturated carbocycles. The van der Waals surface area contributed by atoms with Gasteiger partial charge in [-0.05, 0) is 86.5 Å². The molecule has 3 aliphatic carbocycles. The highest BCUT2D eigenvalue weighted by Crippen LogP contribution is 2.65.